The second kappa shape index (κ2) is 11.3. The van der Waals surface area contributed by atoms with Crippen molar-refractivity contribution in [1.82, 2.24) is 14.8 Å². The number of nitrogens with zero attached hydrogens (tertiary/aromatic N) is 3. The van der Waals surface area contributed by atoms with Crippen LogP contribution in [0.4, 0.5) is 16.3 Å². The van der Waals surface area contributed by atoms with Crippen molar-refractivity contribution < 1.29 is 23.9 Å². The average Bonchev–Trinajstić information content (AvgIpc) is 2.79. The smallest absolute Gasteiger partial charge is 0.413 e. The number of amides is 4. The molecule has 3 heterocycles. The van der Waals surface area contributed by atoms with E-state index in [4.69, 9.17) is 4.74 Å². The molecule has 0 unspecified atom stereocenters. The molecule has 0 spiro atoms. The molecule has 1 aromatic rings. The third-order valence-electron chi connectivity index (χ3n) is 6.72. The number of rotatable bonds is 3. The standard InChI is InChI=1S/C26H39N5O5/c1-16-9-10-21(19-8-7-11-30(15-19)18(3)32)31(14-16)24(34)23(33)28-20-12-17(2)22(27-13-20)29-25(35)36-26(4,5)6/h12-13,16,19,21H,7-11,14-15H2,1-6H3,(H,28,33)(H,27,29,35)/t16-,19+,21+/m0/s1. The molecule has 10 heteroatoms. The highest BCUT2D eigenvalue weighted by molar-refractivity contribution is 6.39. The number of carbonyl (C=O) groups excluding carboxylic acids is 4. The van der Waals surface area contributed by atoms with Crippen LogP contribution in [0.5, 0.6) is 0 Å². The highest BCUT2D eigenvalue weighted by Crippen LogP contribution is 2.32. The lowest BCUT2D eigenvalue weighted by atomic mass is 9.82. The van der Waals surface area contributed by atoms with Gasteiger partial charge in [0, 0.05) is 32.6 Å². The van der Waals surface area contributed by atoms with E-state index < -0.39 is 23.5 Å². The first kappa shape index (κ1) is 27.4. The summed E-state index contributed by atoms with van der Waals surface area (Å²) >= 11 is 0. The lowest BCUT2D eigenvalue weighted by Crippen LogP contribution is -2.56. The highest BCUT2D eigenvalue weighted by Gasteiger charge is 2.39. The quantitative estimate of drug-likeness (QED) is 0.611. The Morgan fingerprint density at radius 2 is 1.81 bits per heavy atom. The van der Waals surface area contributed by atoms with Crippen LogP contribution in [0.25, 0.3) is 0 Å². The van der Waals surface area contributed by atoms with Crippen LogP contribution in [-0.2, 0) is 19.1 Å². The van der Waals surface area contributed by atoms with Crippen molar-refractivity contribution in [3.63, 3.8) is 0 Å². The first-order valence-corrected chi connectivity index (χ1v) is 12.7. The molecule has 2 fully saturated rings. The minimum Gasteiger partial charge on any atom is -0.444 e. The van der Waals surface area contributed by atoms with Gasteiger partial charge in [0.2, 0.25) is 5.91 Å². The Morgan fingerprint density at radius 1 is 1.08 bits per heavy atom. The number of ether oxygens (including phenoxy) is 1. The fraction of sp³-hybridized carbons (Fsp3) is 0.654. The number of aryl methyl sites for hydroxylation is 1. The molecule has 2 N–H and O–H groups in total. The van der Waals surface area contributed by atoms with Gasteiger partial charge in [-0.25, -0.2) is 9.78 Å². The number of anilines is 2. The summed E-state index contributed by atoms with van der Waals surface area (Å²) in [6.45, 7) is 12.6. The van der Waals surface area contributed by atoms with Crippen LogP contribution in [0, 0.1) is 18.8 Å². The van der Waals surface area contributed by atoms with Gasteiger partial charge in [0.1, 0.15) is 11.4 Å². The normalized spacial score (nSPS) is 22.6. The van der Waals surface area contributed by atoms with Gasteiger partial charge in [-0.3, -0.25) is 19.7 Å². The lowest BCUT2D eigenvalue weighted by Gasteiger charge is -2.45. The predicted octanol–water partition coefficient (Wildman–Crippen LogP) is 3.56. The average molecular weight is 502 g/mol. The molecule has 2 aliphatic heterocycles. The molecule has 0 saturated carbocycles. The molecule has 4 amide bonds. The molecule has 36 heavy (non-hydrogen) atoms. The summed E-state index contributed by atoms with van der Waals surface area (Å²) in [5, 5.41) is 5.25. The maximum absolute atomic E-state index is 13.3. The summed E-state index contributed by atoms with van der Waals surface area (Å²) in [7, 11) is 0. The fourth-order valence-corrected chi connectivity index (χ4v) is 5.00. The van der Waals surface area contributed by atoms with E-state index in [1.165, 1.54) is 6.20 Å². The van der Waals surface area contributed by atoms with Gasteiger partial charge in [-0.1, -0.05) is 6.92 Å². The van der Waals surface area contributed by atoms with E-state index in [0.29, 0.717) is 36.1 Å². The Hall–Kier alpha value is -3.17. The van der Waals surface area contributed by atoms with E-state index in [1.54, 1.807) is 45.6 Å². The number of nitrogens with one attached hydrogen (secondary N) is 2. The molecular formula is C26H39N5O5. The Kier molecular flexibility index (Phi) is 8.58. The van der Waals surface area contributed by atoms with E-state index in [-0.39, 0.29) is 17.9 Å². The summed E-state index contributed by atoms with van der Waals surface area (Å²) in [5.41, 5.74) is 0.336. The van der Waals surface area contributed by atoms with E-state index in [9.17, 15) is 19.2 Å². The number of carbonyl (C=O) groups is 4. The van der Waals surface area contributed by atoms with Crippen LogP contribution in [0.3, 0.4) is 0 Å². The summed E-state index contributed by atoms with van der Waals surface area (Å²) in [4.78, 5) is 58.0. The van der Waals surface area contributed by atoms with Crippen LogP contribution in [0.15, 0.2) is 12.3 Å². The molecule has 0 radical (unpaired) electrons. The van der Waals surface area contributed by atoms with Gasteiger partial charge in [0.05, 0.1) is 11.9 Å². The van der Waals surface area contributed by atoms with E-state index in [0.717, 1.165) is 32.2 Å². The molecule has 0 aliphatic carbocycles. The van der Waals surface area contributed by atoms with Crippen LogP contribution < -0.4 is 10.6 Å². The van der Waals surface area contributed by atoms with Gasteiger partial charge in [0.15, 0.2) is 0 Å². The van der Waals surface area contributed by atoms with Crippen molar-refractivity contribution in [2.24, 2.45) is 11.8 Å². The Morgan fingerprint density at radius 3 is 2.44 bits per heavy atom. The maximum atomic E-state index is 13.3. The summed E-state index contributed by atoms with van der Waals surface area (Å²) in [5.74, 6) is -0.470. The molecule has 2 aliphatic rings. The molecule has 3 rings (SSSR count). The van der Waals surface area contributed by atoms with Crippen molar-refractivity contribution in [2.75, 3.05) is 30.3 Å². The topological polar surface area (TPSA) is 121 Å². The minimum atomic E-state index is -0.720. The Balaban J connectivity index is 1.67. The molecule has 2 saturated heterocycles. The summed E-state index contributed by atoms with van der Waals surface area (Å²) in [6, 6.07) is 1.58. The molecule has 0 aromatic carbocycles. The number of hydrogen-bond donors (Lipinski definition) is 2. The number of piperidine rings is 2. The summed E-state index contributed by atoms with van der Waals surface area (Å²) < 4.78 is 5.25. The van der Waals surface area contributed by atoms with Gasteiger partial charge < -0.3 is 19.9 Å². The van der Waals surface area contributed by atoms with Gasteiger partial charge in [0.25, 0.3) is 0 Å². The van der Waals surface area contributed by atoms with E-state index >= 15 is 0 Å². The first-order valence-electron chi connectivity index (χ1n) is 12.7. The Bertz CT molecular complexity index is 1000. The fourth-order valence-electron chi connectivity index (χ4n) is 5.00. The number of likely N-dealkylation sites (tertiary alicyclic amines) is 2. The molecule has 198 valence electrons. The van der Waals surface area contributed by atoms with Crippen LogP contribution >= 0.6 is 0 Å². The lowest BCUT2D eigenvalue weighted by molar-refractivity contribution is -0.148. The largest absolute Gasteiger partial charge is 0.444 e. The zero-order chi connectivity index (χ0) is 26.6. The van der Waals surface area contributed by atoms with Crippen LogP contribution in [-0.4, -0.2) is 69.9 Å². The molecule has 3 atom stereocenters. The molecule has 1 aromatic heterocycles. The third-order valence-corrected chi connectivity index (χ3v) is 6.72. The second-order valence-corrected chi connectivity index (χ2v) is 11.0. The molecular weight excluding hydrogens is 462 g/mol. The van der Waals surface area contributed by atoms with Crippen molar-refractivity contribution in [1.29, 1.82) is 0 Å². The highest BCUT2D eigenvalue weighted by atomic mass is 16.6. The monoisotopic (exact) mass is 501 g/mol. The van der Waals surface area contributed by atoms with Crippen molar-refractivity contribution in [3.05, 3.63) is 17.8 Å². The second-order valence-electron chi connectivity index (χ2n) is 11.0. The van der Waals surface area contributed by atoms with E-state index in [1.807, 2.05) is 4.90 Å². The zero-order valence-corrected chi connectivity index (χ0v) is 22.2. The van der Waals surface area contributed by atoms with Crippen molar-refractivity contribution in [2.45, 2.75) is 78.9 Å². The van der Waals surface area contributed by atoms with Crippen LogP contribution in [0.2, 0.25) is 0 Å². The number of pyridine rings is 1. The van der Waals surface area contributed by atoms with Crippen LogP contribution in [0.1, 0.15) is 65.9 Å². The van der Waals surface area contributed by atoms with Gasteiger partial charge in [-0.05, 0) is 76.8 Å². The van der Waals surface area contributed by atoms with Crippen molar-refractivity contribution >= 4 is 35.3 Å². The number of aromatic nitrogens is 1. The van der Waals surface area contributed by atoms with E-state index in [2.05, 4.69) is 22.5 Å². The zero-order valence-electron chi connectivity index (χ0n) is 22.2. The SMILES string of the molecule is CC(=O)N1CCC[C@@H]([C@H]2CC[C@H](C)CN2C(=O)C(=O)Nc2cnc(NC(=O)OC(C)(C)C)c(C)c2)C1. The van der Waals surface area contributed by atoms with Gasteiger partial charge in [-0.15, -0.1) is 0 Å². The third kappa shape index (κ3) is 7.18. The maximum Gasteiger partial charge on any atom is 0.413 e. The molecule has 0 bridgehead atoms. The Labute approximate surface area is 213 Å². The van der Waals surface area contributed by atoms with Gasteiger partial charge in [-0.2, -0.15) is 0 Å². The number of hydrogen-bond acceptors (Lipinski definition) is 6. The molecule has 10 nitrogen and oxygen atoms in total. The van der Waals surface area contributed by atoms with Gasteiger partial charge >= 0.3 is 17.9 Å². The summed E-state index contributed by atoms with van der Waals surface area (Å²) in [6.07, 6.45) is 4.42. The first-order chi connectivity index (χ1) is 16.8. The van der Waals surface area contributed by atoms with Crippen molar-refractivity contribution in [3.8, 4) is 0 Å². The minimum absolute atomic E-state index is 0.0481. The predicted molar refractivity (Wildman–Crippen MR) is 136 cm³/mol.